The molecule has 1 heterocycles. The third kappa shape index (κ3) is 5.88. The molecule has 0 unspecified atom stereocenters. The van der Waals surface area contributed by atoms with E-state index < -0.39 is 5.60 Å². The van der Waals surface area contributed by atoms with Crippen molar-refractivity contribution in [3.8, 4) is 5.75 Å². The fraction of sp³-hybridized carbons (Fsp3) is 0.550. The first-order chi connectivity index (χ1) is 12.7. The molecule has 1 aromatic carbocycles. The van der Waals surface area contributed by atoms with Crippen LogP contribution in [-0.4, -0.2) is 49.5 Å². The predicted octanol–water partition coefficient (Wildman–Crippen LogP) is 3.46. The molecule has 27 heavy (non-hydrogen) atoms. The van der Waals surface area contributed by atoms with Gasteiger partial charge in [0.15, 0.2) is 0 Å². The number of hydrogen-bond acceptors (Lipinski definition) is 5. The highest BCUT2D eigenvalue weighted by atomic mass is 16.6. The molecule has 1 fully saturated rings. The molecule has 0 radical (unpaired) electrons. The summed E-state index contributed by atoms with van der Waals surface area (Å²) in [5.74, 6) is 0.154. The van der Waals surface area contributed by atoms with E-state index >= 15 is 0 Å². The Balaban J connectivity index is 2.21. The molecular weight excluding hydrogens is 348 g/mol. The Morgan fingerprint density at radius 1 is 1.30 bits per heavy atom. The topological polar surface area (TPSA) is 69.4 Å². The lowest BCUT2D eigenvalue weighted by Crippen LogP contribution is -2.35. The average molecular weight is 374 g/mol. The van der Waals surface area contributed by atoms with E-state index in [1.165, 1.54) is 7.11 Å². The lowest BCUT2D eigenvalue weighted by atomic mass is 9.87. The number of esters is 1. The van der Waals surface area contributed by atoms with E-state index in [0.29, 0.717) is 18.8 Å². The van der Waals surface area contributed by atoms with Gasteiger partial charge >= 0.3 is 18.8 Å². The zero-order valence-corrected chi connectivity index (χ0v) is 16.2. The van der Waals surface area contributed by atoms with Crippen molar-refractivity contribution in [1.82, 2.24) is 4.90 Å². The molecule has 1 aliphatic rings. The maximum atomic E-state index is 12.5. The highest BCUT2D eigenvalue weighted by Gasteiger charge is 2.39. The van der Waals surface area contributed by atoms with Crippen LogP contribution in [0.3, 0.4) is 0 Å². The normalized spacial score (nSPS) is 19.3. The molecule has 0 saturated carbocycles. The number of benzene rings is 1. The van der Waals surface area contributed by atoms with Gasteiger partial charge in [0.2, 0.25) is 0 Å². The SMILES string of the molecule is [C-]#[N+]COc1cccc([C@@H]2CN(C(=O)OC(C)(C)C)C[C@@H]2CC(=O)OC)c1. The van der Waals surface area contributed by atoms with Gasteiger partial charge in [0.1, 0.15) is 11.4 Å². The van der Waals surface area contributed by atoms with E-state index in [9.17, 15) is 9.59 Å². The van der Waals surface area contributed by atoms with Gasteiger partial charge in [-0.25, -0.2) is 11.4 Å². The summed E-state index contributed by atoms with van der Waals surface area (Å²) in [7, 11) is 1.36. The van der Waals surface area contributed by atoms with Gasteiger partial charge in [-0.15, -0.1) is 0 Å². The Kier molecular flexibility index (Phi) is 6.67. The number of hydrogen-bond donors (Lipinski definition) is 0. The number of ether oxygens (including phenoxy) is 3. The van der Waals surface area contributed by atoms with Crippen LogP contribution < -0.4 is 4.74 Å². The summed E-state index contributed by atoms with van der Waals surface area (Å²) in [6.45, 7) is 13.1. The summed E-state index contributed by atoms with van der Waals surface area (Å²) in [6, 6.07) is 7.43. The van der Waals surface area contributed by atoms with Crippen molar-refractivity contribution in [2.24, 2.45) is 5.92 Å². The van der Waals surface area contributed by atoms with E-state index in [-0.39, 0.29) is 37.0 Å². The minimum absolute atomic E-state index is 0.0480. The van der Waals surface area contributed by atoms with Crippen LogP contribution in [-0.2, 0) is 14.3 Å². The average Bonchev–Trinajstić information content (AvgIpc) is 3.02. The number of rotatable bonds is 5. The number of nitrogens with zero attached hydrogens (tertiary/aromatic N) is 2. The van der Waals surface area contributed by atoms with Crippen molar-refractivity contribution in [2.45, 2.75) is 38.7 Å². The van der Waals surface area contributed by atoms with Gasteiger partial charge in [0.25, 0.3) is 0 Å². The quantitative estimate of drug-likeness (QED) is 0.583. The molecule has 1 saturated heterocycles. The smallest absolute Gasteiger partial charge is 0.410 e. The highest BCUT2D eigenvalue weighted by molar-refractivity contribution is 5.71. The Bertz CT molecular complexity index is 720. The monoisotopic (exact) mass is 374 g/mol. The van der Waals surface area contributed by atoms with Crippen LogP contribution in [0.4, 0.5) is 4.79 Å². The van der Waals surface area contributed by atoms with Gasteiger partial charge in [-0.2, -0.15) is 0 Å². The van der Waals surface area contributed by atoms with Crippen molar-refractivity contribution in [2.75, 3.05) is 26.9 Å². The molecule has 0 aliphatic carbocycles. The molecule has 0 bridgehead atoms. The van der Waals surface area contributed by atoms with E-state index in [1.807, 2.05) is 39.0 Å². The molecule has 0 N–H and O–H groups in total. The van der Waals surface area contributed by atoms with Gasteiger partial charge in [0, 0.05) is 19.0 Å². The van der Waals surface area contributed by atoms with Crippen LogP contribution in [0.5, 0.6) is 5.75 Å². The molecule has 0 spiro atoms. The highest BCUT2D eigenvalue weighted by Crippen LogP contribution is 2.37. The number of carbonyl (C=O) groups is 2. The summed E-state index contributed by atoms with van der Waals surface area (Å²) in [4.78, 5) is 29.1. The van der Waals surface area contributed by atoms with Crippen molar-refractivity contribution in [3.63, 3.8) is 0 Å². The Morgan fingerprint density at radius 2 is 2.04 bits per heavy atom. The zero-order valence-electron chi connectivity index (χ0n) is 16.2. The Morgan fingerprint density at radius 3 is 2.67 bits per heavy atom. The Labute approximate surface area is 160 Å². The van der Waals surface area contributed by atoms with E-state index in [1.54, 1.807) is 11.0 Å². The number of amides is 1. The van der Waals surface area contributed by atoms with Crippen LogP contribution in [0.25, 0.3) is 4.85 Å². The first-order valence-electron chi connectivity index (χ1n) is 8.84. The largest absolute Gasteiger partial charge is 0.469 e. The first kappa shape index (κ1) is 20.6. The number of methoxy groups -OCH3 is 1. The standard InChI is InChI=1S/C20H26N2O5/c1-20(2,3)27-19(24)22-11-15(10-18(23)25-5)17(12-22)14-7-6-8-16(9-14)26-13-21-4/h6-9,15,17H,10-13H2,1-3,5H3/t15-,17-/m0/s1. The minimum Gasteiger partial charge on any atom is -0.469 e. The van der Waals surface area contributed by atoms with Gasteiger partial charge in [-0.3, -0.25) is 9.64 Å². The molecule has 2 rings (SSSR count). The second-order valence-corrected chi connectivity index (χ2v) is 7.54. The summed E-state index contributed by atoms with van der Waals surface area (Å²) in [5, 5.41) is 0. The predicted molar refractivity (Wildman–Crippen MR) is 99.2 cm³/mol. The maximum absolute atomic E-state index is 12.5. The fourth-order valence-electron chi connectivity index (χ4n) is 3.17. The van der Waals surface area contributed by atoms with Crippen LogP contribution in [0.2, 0.25) is 0 Å². The van der Waals surface area contributed by atoms with E-state index in [4.69, 9.17) is 20.8 Å². The lowest BCUT2D eigenvalue weighted by molar-refractivity contribution is -0.141. The lowest BCUT2D eigenvalue weighted by Gasteiger charge is -2.24. The van der Waals surface area contributed by atoms with Crippen molar-refractivity contribution in [1.29, 1.82) is 0 Å². The van der Waals surface area contributed by atoms with Crippen LogP contribution >= 0.6 is 0 Å². The second-order valence-electron chi connectivity index (χ2n) is 7.54. The maximum Gasteiger partial charge on any atom is 0.410 e. The number of carbonyl (C=O) groups excluding carboxylic acids is 2. The van der Waals surface area contributed by atoms with Gasteiger partial charge < -0.3 is 19.1 Å². The van der Waals surface area contributed by atoms with E-state index in [2.05, 4.69) is 4.85 Å². The Hall–Kier alpha value is -2.75. The van der Waals surface area contributed by atoms with Crippen molar-refractivity contribution < 1.29 is 23.8 Å². The molecule has 146 valence electrons. The molecule has 1 aromatic rings. The third-order valence-corrected chi connectivity index (χ3v) is 4.33. The molecule has 1 amide bonds. The molecule has 1 aliphatic heterocycles. The molecule has 7 heteroatoms. The summed E-state index contributed by atoms with van der Waals surface area (Å²) in [5.41, 5.74) is 0.373. The van der Waals surface area contributed by atoms with Gasteiger partial charge in [0.05, 0.1) is 13.5 Å². The zero-order chi connectivity index (χ0) is 20.0. The molecule has 7 nitrogen and oxygen atoms in total. The van der Waals surface area contributed by atoms with Gasteiger partial charge in [-0.05, 0) is 44.4 Å². The van der Waals surface area contributed by atoms with Crippen LogP contribution in [0.15, 0.2) is 24.3 Å². The van der Waals surface area contributed by atoms with Crippen LogP contribution in [0, 0.1) is 12.5 Å². The minimum atomic E-state index is -0.583. The van der Waals surface area contributed by atoms with Crippen molar-refractivity contribution >= 4 is 12.1 Å². The summed E-state index contributed by atoms with van der Waals surface area (Å²) >= 11 is 0. The summed E-state index contributed by atoms with van der Waals surface area (Å²) < 4.78 is 15.7. The summed E-state index contributed by atoms with van der Waals surface area (Å²) in [6.07, 6.45) is -0.173. The van der Waals surface area contributed by atoms with Crippen LogP contribution in [0.1, 0.15) is 38.7 Å². The third-order valence-electron chi connectivity index (χ3n) is 4.33. The molecule has 2 atom stereocenters. The second kappa shape index (κ2) is 8.76. The first-order valence-corrected chi connectivity index (χ1v) is 8.84. The van der Waals surface area contributed by atoms with E-state index in [0.717, 1.165) is 5.56 Å². The fourth-order valence-corrected chi connectivity index (χ4v) is 3.17. The molecular formula is C20H26N2O5. The number of likely N-dealkylation sites (tertiary alicyclic amines) is 1. The molecule has 0 aromatic heterocycles. The van der Waals surface area contributed by atoms with Crippen molar-refractivity contribution in [3.05, 3.63) is 41.2 Å². The van der Waals surface area contributed by atoms with Gasteiger partial charge in [-0.1, -0.05) is 12.1 Å².